The van der Waals surface area contributed by atoms with Gasteiger partial charge in [0.05, 0.1) is 27.2 Å². The van der Waals surface area contributed by atoms with Crippen molar-refractivity contribution in [1.29, 1.82) is 0 Å². The van der Waals surface area contributed by atoms with Crippen molar-refractivity contribution in [3.63, 3.8) is 0 Å². The van der Waals surface area contributed by atoms with Gasteiger partial charge in [-0.2, -0.15) is 0 Å². The first-order valence-electron chi connectivity index (χ1n) is 7.06. The van der Waals surface area contributed by atoms with Crippen LogP contribution < -0.4 is 9.47 Å². The molecule has 1 aromatic carbocycles. The van der Waals surface area contributed by atoms with Crippen molar-refractivity contribution in [2.24, 2.45) is 5.92 Å². The van der Waals surface area contributed by atoms with Crippen molar-refractivity contribution in [1.82, 2.24) is 0 Å². The first-order chi connectivity index (χ1) is 10.1. The van der Waals surface area contributed by atoms with Gasteiger partial charge in [0.1, 0.15) is 0 Å². The number of rotatable bonds is 8. The van der Waals surface area contributed by atoms with Crippen LogP contribution in [0, 0.1) is 5.92 Å². The number of aliphatic carboxylic acids is 1. The predicted molar refractivity (Wildman–Crippen MR) is 78.0 cm³/mol. The van der Waals surface area contributed by atoms with Crippen LogP contribution in [-0.2, 0) is 16.1 Å². The fourth-order valence-electron chi connectivity index (χ4n) is 2.79. The van der Waals surface area contributed by atoms with Crippen molar-refractivity contribution in [3.05, 3.63) is 23.3 Å². The first-order valence-corrected chi connectivity index (χ1v) is 7.06. The second-order valence-electron chi connectivity index (χ2n) is 5.39. The van der Waals surface area contributed by atoms with Crippen LogP contribution in [0.25, 0.3) is 0 Å². The predicted octanol–water partition coefficient (Wildman–Crippen LogP) is 2.82. The molecular formula is C16H22O5. The minimum Gasteiger partial charge on any atom is -0.493 e. The van der Waals surface area contributed by atoms with Gasteiger partial charge in [-0.05, 0) is 42.4 Å². The standard InChI is InChI=1S/C16H22O5/c1-19-9-12-6-11(7-14(20-2)16(12)21-3)13(8-15(17)18)10-4-5-10/h6-7,10,13H,4-5,8-9H2,1-3H3,(H,17,18). The van der Waals surface area contributed by atoms with Crippen molar-refractivity contribution in [3.8, 4) is 11.5 Å². The molecular weight excluding hydrogens is 272 g/mol. The van der Waals surface area contributed by atoms with Crippen LogP contribution in [-0.4, -0.2) is 32.4 Å². The van der Waals surface area contributed by atoms with E-state index in [0.29, 0.717) is 24.0 Å². The third kappa shape index (κ3) is 3.67. The van der Waals surface area contributed by atoms with Gasteiger partial charge >= 0.3 is 5.97 Å². The van der Waals surface area contributed by atoms with Crippen LogP contribution in [0.4, 0.5) is 0 Å². The highest BCUT2D eigenvalue weighted by Gasteiger charge is 2.34. The monoisotopic (exact) mass is 294 g/mol. The number of carboxylic acids is 1. The maximum Gasteiger partial charge on any atom is 0.303 e. The van der Waals surface area contributed by atoms with Gasteiger partial charge in [0, 0.05) is 12.7 Å². The molecule has 1 aromatic rings. The van der Waals surface area contributed by atoms with Gasteiger partial charge < -0.3 is 19.3 Å². The van der Waals surface area contributed by atoms with E-state index in [1.165, 1.54) is 0 Å². The van der Waals surface area contributed by atoms with Crippen LogP contribution in [0.2, 0.25) is 0 Å². The lowest BCUT2D eigenvalue weighted by atomic mass is 9.89. The Morgan fingerprint density at radius 1 is 1.29 bits per heavy atom. The fourth-order valence-corrected chi connectivity index (χ4v) is 2.79. The van der Waals surface area contributed by atoms with Crippen LogP contribution in [0.15, 0.2) is 12.1 Å². The second kappa shape index (κ2) is 6.80. The highest BCUT2D eigenvalue weighted by molar-refractivity contribution is 5.68. The SMILES string of the molecule is COCc1cc(C(CC(=O)O)C2CC2)cc(OC)c1OC. The minimum atomic E-state index is -0.769. The summed E-state index contributed by atoms with van der Waals surface area (Å²) in [7, 11) is 4.79. The molecule has 0 aliphatic heterocycles. The Morgan fingerprint density at radius 2 is 2.00 bits per heavy atom. The maximum atomic E-state index is 11.1. The molecule has 1 atom stereocenters. The number of hydrogen-bond donors (Lipinski definition) is 1. The van der Waals surface area contributed by atoms with Gasteiger partial charge in [0.2, 0.25) is 0 Å². The molecule has 0 heterocycles. The zero-order valence-electron chi connectivity index (χ0n) is 12.7. The Hall–Kier alpha value is -1.75. The Labute approximate surface area is 124 Å². The van der Waals surface area contributed by atoms with Crippen molar-refractivity contribution >= 4 is 5.97 Å². The van der Waals surface area contributed by atoms with E-state index in [2.05, 4.69) is 0 Å². The van der Waals surface area contributed by atoms with E-state index in [1.54, 1.807) is 21.3 Å². The van der Waals surface area contributed by atoms with Crippen molar-refractivity contribution in [2.75, 3.05) is 21.3 Å². The zero-order chi connectivity index (χ0) is 15.4. The lowest BCUT2D eigenvalue weighted by Gasteiger charge is -2.19. The van der Waals surface area contributed by atoms with E-state index < -0.39 is 5.97 Å². The highest BCUT2D eigenvalue weighted by Crippen LogP contribution is 2.46. The number of hydrogen-bond acceptors (Lipinski definition) is 4. The molecule has 0 amide bonds. The molecule has 5 nitrogen and oxygen atoms in total. The Morgan fingerprint density at radius 3 is 2.48 bits per heavy atom. The van der Waals surface area contributed by atoms with Gasteiger partial charge in [-0.25, -0.2) is 0 Å². The van der Waals surface area contributed by atoms with Crippen LogP contribution in [0.3, 0.4) is 0 Å². The van der Waals surface area contributed by atoms with E-state index in [9.17, 15) is 4.79 Å². The largest absolute Gasteiger partial charge is 0.493 e. The minimum absolute atomic E-state index is 0.0258. The van der Waals surface area contributed by atoms with Gasteiger partial charge in [-0.3, -0.25) is 4.79 Å². The number of methoxy groups -OCH3 is 3. The summed E-state index contributed by atoms with van der Waals surface area (Å²) in [5, 5.41) is 9.14. The molecule has 1 fully saturated rings. The Kier molecular flexibility index (Phi) is 5.07. The average Bonchev–Trinajstić information content (AvgIpc) is 3.28. The lowest BCUT2D eigenvalue weighted by molar-refractivity contribution is -0.137. The zero-order valence-corrected chi connectivity index (χ0v) is 12.7. The Balaban J connectivity index is 2.41. The van der Waals surface area contributed by atoms with Gasteiger partial charge in [0.25, 0.3) is 0 Å². The summed E-state index contributed by atoms with van der Waals surface area (Å²) < 4.78 is 16.0. The molecule has 0 bridgehead atoms. The molecule has 0 saturated heterocycles. The lowest BCUT2D eigenvalue weighted by Crippen LogP contribution is -2.10. The van der Waals surface area contributed by atoms with E-state index in [0.717, 1.165) is 24.0 Å². The van der Waals surface area contributed by atoms with E-state index in [4.69, 9.17) is 19.3 Å². The first kappa shape index (κ1) is 15.6. The maximum absolute atomic E-state index is 11.1. The molecule has 0 spiro atoms. The third-order valence-electron chi connectivity index (χ3n) is 3.89. The van der Waals surface area contributed by atoms with E-state index in [1.807, 2.05) is 12.1 Å². The quantitative estimate of drug-likeness (QED) is 0.798. The van der Waals surface area contributed by atoms with Crippen molar-refractivity contribution < 1.29 is 24.1 Å². The smallest absolute Gasteiger partial charge is 0.303 e. The van der Waals surface area contributed by atoms with Crippen LogP contribution >= 0.6 is 0 Å². The van der Waals surface area contributed by atoms with Gasteiger partial charge in [0.15, 0.2) is 11.5 Å². The molecule has 2 rings (SSSR count). The number of carbonyl (C=O) groups is 1. The summed E-state index contributed by atoms with van der Waals surface area (Å²) in [6.07, 6.45) is 2.32. The second-order valence-corrected chi connectivity index (χ2v) is 5.39. The molecule has 116 valence electrons. The molecule has 0 radical (unpaired) electrons. The molecule has 0 aromatic heterocycles. The van der Waals surface area contributed by atoms with Gasteiger partial charge in [-0.1, -0.05) is 0 Å². The highest BCUT2D eigenvalue weighted by atomic mass is 16.5. The summed E-state index contributed by atoms with van der Waals surface area (Å²) in [6.45, 7) is 0.401. The number of benzene rings is 1. The normalized spacial score (nSPS) is 15.6. The molecule has 1 saturated carbocycles. The van der Waals surface area contributed by atoms with E-state index >= 15 is 0 Å². The number of carboxylic acid groups (broad SMARTS) is 1. The molecule has 1 unspecified atom stereocenters. The topological polar surface area (TPSA) is 65.0 Å². The summed E-state index contributed by atoms with van der Waals surface area (Å²) >= 11 is 0. The summed E-state index contributed by atoms with van der Waals surface area (Å²) in [4.78, 5) is 11.1. The molecule has 1 aliphatic carbocycles. The summed E-state index contributed by atoms with van der Waals surface area (Å²) in [5.41, 5.74) is 1.87. The summed E-state index contributed by atoms with van der Waals surface area (Å²) in [5.74, 6) is 0.980. The average molecular weight is 294 g/mol. The number of ether oxygens (including phenoxy) is 3. The molecule has 21 heavy (non-hydrogen) atoms. The van der Waals surface area contributed by atoms with E-state index in [-0.39, 0.29) is 12.3 Å². The molecule has 1 aliphatic rings. The molecule has 1 N–H and O–H groups in total. The van der Waals surface area contributed by atoms with Crippen LogP contribution in [0.5, 0.6) is 11.5 Å². The Bertz CT molecular complexity index is 508. The van der Waals surface area contributed by atoms with Crippen LogP contribution in [0.1, 0.15) is 36.3 Å². The van der Waals surface area contributed by atoms with Gasteiger partial charge in [-0.15, -0.1) is 0 Å². The van der Waals surface area contributed by atoms with Crippen molar-refractivity contribution in [2.45, 2.75) is 31.8 Å². The third-order valence-corrected chi connectivity index (χ3v) is 3.89. The fraction of sp³-hybridized carbons (Fsp3) is 0.562. The molecule has 5 heteroatoms. The summed E-state index contributed by atoms with van der Waals surface area (Å²) in [6, 6.07) is 3.88.